The molecule has 1 aromatic carbocycles. The largest absolute Gasteiger partial charge is 0.494 e. The maximum atomic E-state index is 11.5. The number of hydrogen-bond acceptors (Lipinski definition) is 4. The summed E-state index contributed by atoms with van der Waals surface area (Å²) in [5.41, 5.74) is 4.26. The first-order valence-electron chi connectivity index (χ1n) is 7.36. The van der Waals surface area contributed by atoms with Gasteiger partial charge in [0.25, 0.3) is 0 Å². The highest BCUT2D eigenvalue weighted by Crippen LogP contribution is 2.32. The van der Waals surface area contributed by atoms with Crippen LogP contribution in [-0.2, 0) is 12.8 Å². The fourth-order valence-electron chi connectivity index (χ4n) is 3.10. The van der Waals surface area contributed by atoms with Crippen molar-refractivity contribution in [3.05, 3.63) is 51.6 Å². The number of aromatic nitrogens is 2. The highest BCUT2D eigenvalue weighted by molar-refractivity contribution is 5.84. The van der Waals surface area contributed by atoms with E-state index in [1.807, 2.05) is 17.7 Å². The molecule has 2 aromatic heterocycles. The Morgan fingerprint density at radius 3 is 2.86 bits per heavy atom. The molecule has 0 amide bonds. The first kappa shape index (κ1) is 13.1. The summed E-state index contributed by atoms with van der Waals surface area (Å²) in [6.45, 7) is 1.91. The van der Waals surface area contributed by atoms with Crippen molar-refractivity contribution in [1.82, 2.24) is 9.78 Å². The fraction of sp³-hybridized carbons (Fsp3) is 0.294. The van der Waals surface area contributed by atoms with E-state index < -0.39 is 0 Å². The summed E-state index contributed by atoms with van der Waals surface area (Å²) < 4.78 is 12.7. The van der Waals surface area contributed by atoms with E-state index in [1.54, 1.807) is 13.2 Å². The van der Waals surface area contributed by atoms with Gasteiger partial charge in [-0.2, -0.15) is 5.10 Å². The van der Waals surface area contributed by atoms with E-state index in [0.717, 1.165) is 41.6 Å². The number of aryl methyl sites for hydroxylation is 3. The quantitative estimate of drug-likeness (QED) is 0.682. The second kappa shape index (κ2) is 4.73. The Balaban J connectivity index is 2.02. The lowest BCUT2D eigenvalue weighted by Crippen LogP contribution is -2.05. The molecule has 0 atom stereocenters. The summed E-state index contributed by atoms with van der Waals surface area (Å²) in [5.74, 6) is 0.652. The van der Waals surface area contributed by atoms with Gasteiger partial charge >= 0.3 is 5.63 Å². The minimum Gasteiger partial charge on any atom is -0.494 e. The van der Waals surface area contributed by atoms with Crippen LogP contribution in [0.5, 0.6) is 5.75 Å². The van der Waals surface area contributed by atoms with E-state index in [-0.39, 0.29) is 5.63 Å². The van der Waals surface area contributed by atoms with Crippen LogP contribution in [0, 0.1) is 6.92 Å². The number of fused-ring (bicyclic) bond motifs is 3. The number of benzene rings is 1. The molecule has 3 aromatic rings. The summed E-state index contributed by atoms with van der Waals surface area (Å²) in [6, 6.07) is 7.40. The van der Waals surface area contributed by atoms with Gasteiger partial charge < -0.3 is 9.15 Å². The molecule has 0 N–H and O–H groups in total. The Hall–Kier alpha value is -2.56. The van der Waals surface area contributed by atoms with Crippen LogP contribution in [0.2, 0.25) is 0 Å². The summed E-state index contributed by atoms with van der Waals surface area (Å²) in [5, 5.41) is 5.57. The Bertz CT molecular complexity index is 937. The first-order chi connectivity index (χ1) is 10.7. The molecule has 5 heteroatoms. The van der Waals surface area contributed by atoms with Gasteiger partial charge in [0.05, 0.1) is 12.8 Å². The smallest absolute Gasteiger partial charge is 0.336 e. The van der Waals surface area contributed by atoms with Crippen molar-refractivity contribution < 1.29 is 9.15 Å². The summed E-state index contributed by atoms with van der Waals surface area (Å²) in [4.78, 5) is 11.5. The minimum absolute atomic E-state index is 0.347. The Labute approximate surface area is 127 Å². The third-order valence-corrected chi connectivity index (χ3v) is 4.18. The summed E-state index contributed by atoms with van der Waals surface area (Å²) in [7, 11) is 1.61. The van der Waals surface area contributed by atoms with Gasteiger partial charge in [-0.15, -0.1) is 0 Å². The average molecular weight is 296 g/mol. The lowest BCUT2D eigenvalue weighted by Gasteiger charge is -2.13. The normalized spacial score (nSPS) is 13.5. The number of ether oxygens (including phenoxy) is 1. The molecule has 0 radical (unpaired) electrons. The van der Waals surface area contributed by atoms with Crippen molar-refractivity contribution in [2.75, 3.05) is 7.11 Å². The van der Waals surface area contributed by atoms with E-state index in [9.17, 15) is 4.79 Å². The predicted octanol–water partition coefficient (Wildman–Crippen LogP) is 2.78. The van der Waals surface area contributed by atoms with Crippen LogP contribution in [-0.4, -0.2) is 16.9 Å². The lowest BCUT2D eigenvalue weighted by molar-refractivity contribution is 0.410. The molecule has 1 aliphatic rings. The zero-order chi connectivity index (χ0) is 15.3. The van der Waals surface area contributed by atoms with Gasteiger partial charge in [0.15, 0.2) is 0 Å². The van der Waals surface area contributed by atoms with Crippen molar-refractivity contribution >= 4 is 11.0 Å². The molecule has 112 valence electrons. The highest BCUT2D eigenvalue weighted by Gasteiger charge is 2.18. The fourth-order valence-corrected chi connectivity index (χ4v) is 3.10. The van der Waals surface area contributed by atoms with Crippen molar-refractivity contribution in [2.45, 2.75) is 26.2 Å². The number of nitrogens with zero attached hydrogens (tertiary/aromatic N) is 2. The molecule has 4 rings (SSSR count). The SMILES string of the molecule is COc1cc2oc(=O)cc(C)c2cc1-n1nc2cc1CCC2. The van der Waals surface area contributed by atoms with Gasteiger partial charge in [0.2, 0.25) is 0 Å². The van der Waals surface area contributed by atoms with Crippen LogP contribution in [0.3, 0.4) is 0 Å². The van der Waals surface area contributed by atoms with Gasteiger partial charge in [-0.05, 0) is 43.9 Å². The van der Waals surface area contributed by atoms with E-state index in [0.29, 0.717) is 11.3 Å². The van der Waals surface area contributed by atoms with Gasteiger partial charge in [0, 0.05) is 23.2 Å². The average Bonchev–Trinajstić information content (AvgIpc) is 2.80. The molecule has 0 unspecified atom stereocenters. The molecule has 0 aliphatic heterocycles. The first-order valence-corrected chi connectivity index (χ1v) is 7.36. The second-order valence-electron chi connectivity index (χ2n) is 5.66. The molecule has 2 heterocycles. The maximum Gasteiger partial charge on any atom is 0.336 e. The van der Waals surface area contributed by atoms with Crippen molar-refractivity contribution in [2.24, 2.45) is 0 Å². The van der Waals surface area contributed by atoms with Crippen LogP contribution in [0.1, 0.15) is 23.4 Å². The zero-order valence-corrected chi connectivity index (χ0v) is 12.5. The standard InChI is InChI=1S/C17H16N2O3/c1-10-6-17(20)22-15-9-16(21-2)14(8-13(10)15)19-12-5-3-4-11(7-12)18-19/h6-9H,3-5H2,1-2H3. The highest BCUT2D eigenvalue weighted by atomic mass is 16.5. The molecule has 0 spiro atoms. The predicted molar refractivity (Wildman–Crippen MR) is 82.9 cm³/mol. The van der Waals surface area contributed by atoms with Crippen LogP contribution in [0.25, 0.3) is 16.7 Å². The van der Waals surface area contributed by atoms with Crippen molar-refractivity contribution in [3.63, 3.8) is 0 Å². The van der Waals surface area contributed by atoms with E-state index in [1.165, 1.54) is 11.8 Å². The van der Waals surface area contributed by atoms with Crippen LogP contribution in [0.4, 0.5) is 0 Å². The Kier molecular flexibility index (Phi) is 2.82. The number of rotatable bonds is 2. The van der Waals surface area contributed by atoms with Gasteiger partial charge in [-0.3, -0.25) is 0 Å². The Morgan fingerprint density at radius 1 is 1.23 bits per heavy atom. The van der Waals surface area contributed by atoms with E-state index in [2.05, 4.69) is 11.2 Å². The summed E-state index contributed by atoms with van der Waals surface area (Å²) in [6.07, 6.45) is 3.16. The molecule has 0 saturated heterocycles. The Morgan fingerprint density at radius 2 is 2.09 bits per heavy atom. The second-order valence-corrected chi connectivity index (χ2v) is 5.66. The third kappa shape index (κ3) is 1.93. The topological polar surface area (TPSA) is 57.3 Å². The molecule has 22 heavy (non-hydrogen) atoms. The minimum atomic E-state index is -0.347. The number of hydrogen-bond donors (Lipinski definition) is 0. The molecular weight excluding hydrogens is 280 g/mol. The lowest BCUT2D eigenvalue weighted by atomic mass is 10.1. The van der Waals surface area contributed by atoms with Crippen LogP contribution >= 0.6 is 0 Å². The van der Waals surface area contributed by atoms with Crippen molar-refractivity contribution in [1.29, 1.82) is 0 Å². The van der Waals surface area contributed by atoms with E-state index >= 15 is 0 Å². The van der Waals surface area contributed by atoms with Crippen LogP contribution in [0.15, 0.2) is 33.5 Å². The molecular formula is C17H16N2O3. The molecule has 0 fully saturated rings. The maximum absolute atomic E-state index is 11.5. The van der Waals surface area contributed by atoms with Crippen LogP contribution < -0.4 is 10.4 Å². The molecule has 5 nitrogen and oxygen atoms in total. The number of methoxy groups -OCH3 is 1. The molecule has 2 bridgehead atoms. The van der Waals surface area contributed by atoms with Gasteiger partial charge in [-0.25, -0.2) is 9.48 Å². The summed E-state index contributed by atoms with van der Waals surface area (Å²) >= 11 is 0. The molecule has 0 saturated carbocycles. The van der Waals surface area contributed by atoms with Crippen molar-refractivity contribution in [3.8, 4) is 11.4 Å². The third-order valence-electron chi connectivity index (χ3n) is 4.18. The van der Waals surface area contributed by atoms with E-state index in [4.69, 9.17) is 9.15 Å². The molecule has 1 aliphatic carbocycles. The van der Waals surface area contributed by atoms with Gasteiger partial charge in [0.1, 0.15) is 17.0 Å². The monoisotopic (exact) mass is 296 g/mol. The zero-order valence-electron chi connectivity index (χ0n) is 12.5. The van der Waals surface area contributed by atoms with Gasteiger partial charge in [-0.1, -0.05) is 0 Å².